The second-order valence-electron chi connectivity index (χ2n) is 4.24. The lowest BCUT2D eigenvalue weighted by atomic mass is 10.4. The van der Waals surface area contributed by atoms with Gasteiger partial charge in [-0.2, -0.15) is 4.68 Å². The minimum atomic E-state index is -0.376. The first kappa shape index (κ1) is 14.6. The van der Waals surface area contributed by atoms with E-state index in [-0.39, 0.29) is 16.2 Å². The molecule has 0 radical (unpaired) electrons. The summed E-state index contributed by atoms with van der Waals surface area (Å²) in [6.45, 7) is 1.91. The van der Waals surface area contributed by atoms with Crippen LogP contribution in [0.4, 0.5) is 0 Å². The molecule has 9 heteroatoms. The van der Waals surface area contributed by atoms with Crippen LogP contribution in [0.15, 0.2) is 26.8 Å². The van der Waals surface area contributed by atoms with E-state index in [1.54, 1.807) is 17.5 Å². The van der Waals surface area contributed by atoms with Gasteiger partial charge in [-0.3, -0.25) is 15.0 Å². The summed E-state index contributed by atoms with van der Waals surface area (Å²) < 4.78 is 2.05. The maximum absolute atomic E-state index is 12.4. The first-order chi connectivity index (χ1) is 9.95. The Balaban J connectivity index is 2.06. The fourth-order valence-corrected chi connectivity index (χ4v) is 4.34. The molecular weight excluding hydrogens is 394 g/mol. The number of nitrogens with zero attached hydrogens (tertiary/aromatic N) is 1. The number of rotatable bonds is 2. The molecule has 5 nitrogen and oxygen atoms in total. The van der Waals surface area contributed by atoms with E-state index < -0.39 is 0 Å². The molecule has 3 rings (SSSR count). The van der Waals surface area contributed by atoms with Gasteiger partial charge in [0.15, 0.2) is 0 Å². The van der Waals surface area contributed by atoms with Crippen LogP contribution in [-0.2, 0) is 0 Å². The molecule has 0 fully saturated rings. The molecule has 0 aliphatic carbocycles. The molecule has 0 aliphatic heterocycles. The molecule has 0 atom stereocenters. The van der Waals surface area contributed by atoms with E-state index in [0.29, 0.717) is 15.1 Å². The Bertz CT molecular complexity index is 966. The van der Waals surface area contributed by atoms with Gasteiger partial charge in [-0.15, -0.1) is 22.7 Å². The molecule has 1 amide bonds. The zero-order valence-electron chi connectivity index (χ0n) is 10.6. The predicted octanol–water partition coefficient (Wildman–Crippen LogP) is 3.64. The SMILES string of the molecule is Cc1cc2c(=O)n(NC(=O)c3cc(Br)cs3)c(=S)[nH]c2s1. The number of amides is 1. The number of aromatic nitrogens is 2. The summed E-state index contributed by atoms with van der Waals surface area (Å²) in [7, 11) is 0. The highest BCUT2D eigenvalue weighted by atomic mass is 79.9. The Morgan fingerprint density at radius 1 is 1.48 bits per heavy atom. The highest BCUT2D eigenvalue weighted by molar-refractivity contribution is 9.10. The Hall–Kier alpha value is -1.29. The third-order valence-corrected chi connectivity index (χ3v) is 5.66. The minimum Gasteiger partial charge on any atom is -0.322 e. The summed E-state index contributed by atoms with van der Waals surface area (Å²) in [5.74, 6) is -0.376. The number of H-pyrrole nitrogens is 1. The van der Waals surface area contributed by atoms with Crippen molar-refractivity contribution in [2.24, 2.45) is 0 Å². The van der Waals surface area contributed by atoms with Gasteiger partial charge in [0.2, 0.25) is 4.77 Å². The number of carbonyl (C=O) groups is 1. The van der Waals surface area contributed by atoms with Crippen molar-refractivity contribution in [3.63, 3.8) is 0 Å². The quantitative estimate of drug-likeness (QED) is 0.644. The maximum Gasteiger partial charge on any atom is 0.282 e. The van der Waals surface area contributed by atoms with Gasteiger partial charge < -0.3 is 4.98 Å². The van der Waals surface area contributed by atoms with E-state index in [2.05, 4.69) is 26.3 Å². The number of nitrogens with one attached hydrogen (secondary N) is 2. The summed E-state index contributed by atoms with van der Waals surface area (Å²) in [6.07, 6.45) is 0. The number of fused-ring (bicyclic) bond motifs is 1. The topological polar surface area (TPSA) is 66.9 Å². The Morgan fingerprint density at radius 3 is 2.90 bits per heavy atom. The molecule has 2 N–H and O–H groups in total. The molecule has 0 bridgehead atoms. The van der Waals surface area contributed by atoms with Crippen molar-refractivity contribution in [2.75, 3.05) is 5.43 Å². The Labute approximate surface area is 140 Å². The molecule has 108 valence electrons. The predicted molar refractivity (Wildman–Crippen MR) is 91.7 cm³/mol. The monoisotopic (exact) mass is 401 g/mol. The van der Waals surface area contributed by atoms with Gasteiger partial charge in [-0.05, 0) is 47.2 Å². The normalized spacial score (nSPS) is 11.0. The van der Waals surface area contributed by atoms with Gasteiger partial charge in [0.25, 0.3) is 11.5 Å². The summed E-state index contributed by atoms with van der Waals surface area (Å²) in [5, 5.41) is 2.31. The number of thiophene rings is 2. The molecule has 0 aromatic carbocycles. The largest absolute Gasteiger partial charge is 0.322 e. The molecule has 3 heterocycles. The summed E-state index contributed by atoms with van der Waals surface area (Å²) in [5.41, 5.74) is 2.20. The van der Waals surface area contributed by atoms with Crippen molar-refractivity contribution in [1.29, 1.82) is 0 Å². The zero-order valence-corrected chi connectivity index (χ0v) is 14.6. The third-order valence-electron chi connectivity index (χ3n) is 2.72. The van der Waals surface area contributed by atoms with Crippen LogP contribution in [0.25, 0.3) is 10.2 Å². The lowest BCUT2D eigenvalue weighted by Gasteiger charge is -2.07. The van der Waals surface area contributed by atoms with Gasteiger partial charge >= 0.3 is 0 Å². The van der Waals surface area contributed by atoms with Crippen molar-refractivity contribution in [3.8, 4) is 0 Å². The second kappa shape index (κ2) is 5.48. The minimum absolute atomic E-state index is 0.165. The van der Waals surface area contributed by atoms with Crippen LogP contribution < -0.4 is 11.0 Å². The molecule has 0 unspecified atom stereocenters. The first-order valence-electron chi connectivity index (χ1n) is 5.76. The van der Waals surface area contributed by atoms with Crippen LogP contribution in [-0.4, -0.2) is 15.6 Å². The highest BCUT2D eigenvalue weighted by Crippen LogP contribution is 2.21. The van der Waals surface area contributed by atoms with E-state index >= 15 is 0 Å². The van der Waals surface area contributed by atoms with E-state index in [0.717, 1.165) is 14.0 Å². The highest BCUT2D eigenvalue weighted by Gasteiger charge is 2.13. The van der Waals surface area contributed by atoms with Crippen molar-refractivity contribution in [2.45, 2.75) is 6.92 Å². The van der Waals surface area contributed by atoms with Crippen LogP contribution in [0.3, 0.4) is 0 Å². The Kier molecular flexibility index (Phi) is 3.82. The van der Waals surface area contributed by atoms with Gasteiger partial charge in [0, 0.05) is 14.7 Å². The summed E-state index contributed by atoms with van der Waals surface area (Å²) in [4.78, 5) is 29.7. The van der Waals surface area contributed by atoms with Crippen molar-refractivity contribution in [3.05, 3.63) is 46.9 Å². The van der Waals surface area contributed by atoms with Crippen molar-refractivity contribution < 1.29 is 4.79 Å². The first-order valence-corrected chi connectivity index (χ1v) is 8.66. The van der Waals surface area contributed by atoms with E-state index in [9.17, 15) is 9.59 Å². The van der Waals surface area contributed by atoms with Crippen LogP contribution in [0.5, 0.6) is 0 Å². The van der Waals surface area contributed by atoms with Crippen LogP contribution in [0.1, 0.15) is 14.5 Å². The number of hydrogen-bond donors (Lipinski definition) is 2. The van der Waals surface area contributed by atoms with Crippen molar-refractivity contribution >= 4 is 66.9 Å². The van der Waals surface area contributed by atoms with Gasteiger partial charge in [0.05, 0.1) is 10.3 Å². The molecular formula is C12H8BrN3O2S3. The molecule has 0 saturated heterocycles. The number of aryl methyl sites for hydroxylation is 1. The lowest BCUT2D eigenvalue weighted by Crippen LogP contribution is -2.33. The fourth-order valence-electron chi connectivity index (χ4n) is 1.82. The van der Waals surface area contributed by atoms with Gasteiger partial charge in [-0.1, -0.05) is 0 Å². The van der Waals surface area contributed by atoms with Crippen LogP contribution in [0, 0.1) is 11.7 Å². The zero-order chi connectivity index (χ0) is 15.1. The average molecular weight is 402 g/mol. The fraction of sp³-hybridized carbons (Fsp3) is 0.0833. The maximum atomic E-state index is 12.4. The standard InChI is InChI=1S/C12H8BrN3O2S3/c1-5-2-7-10(21-5)14-12(19)16(11(7)18)15-9(17)8-3-6(13)4-20-8/h2-4H,1H3,(H,14,19)(H,15,17). The van der Waals surface area contributed by atoms with Crippen LogP contribution in [0.2, 0.25) is 0 Å². The van der Waals surface area contributed by atoms with Crippen LogP contribution >= 0.6 is 50.8 Å². The molecule has 0 spiro atoms. The molecule has 0 saturated carbocycles. The van der Waals surface area contributed by atoms with Crippen molar-refractivity contribution in [1.82, 2.24) is 9.66 Å². The molecule has 3 aromatic heterocycles. The van der Waals surface area contributed by atoms with Gasteiger partial charge in [0.1, 0.15) is 4.83 Å². The lowest BCUT2D eigenvalue weighted by molar-refractivity contribution is 0.101. The number of halogens is 1. The van der Waals surface area contributed by atoms with Gasteiger partial charge in [-0.25, -0.2) is 0 Å². The summed E-state index contributed by atoms with van der Waals surface area (Å²) in [6, 6.07) is 3.46. The van der Waals surface area contributed by atoms with E-state index in [1.807, 2.05) is 6.92 Å². The number of carbonyl (C=O) groups excluding carboxylic acids is 1. The molecule has 21 heavy (non-hydrogen) atoms. The second-order valence-corrected chi connectivity index (χ2v) is 7.71. The third kappa shape index (κ3) is 2.73. The molecule has 0 aliphatic rings. The smallest absolute Gasteiger partial charge is 0.282 e. The summed E-state index contributed by atoms with van der Waals surface area (Å²) >= 11 is 11.2. The van der Waals surface area contributed by atoms with E-state index in [4.69, 9.17) is 12.2 Å². The molecule has 3 aromatic rings. The Morgan fingerprint density at radius 2 is 2.24 bits per heavy atom. The number of aromatic amines is 1. The van der Waals surface area contributed by atoms with E-state index in [1.165, 1.54) is 22.7 Å². The average Bonchev–Trinajstić information content (AvgIpc) is 3.00. The number of hydrogen-bond acceptors (Lipinski definition) is 5.